The summed E-state index contributed by atoms with van der Waals surface area (Å²) in [5, 5.41) is 4.13. The standard InChI is InChI=1S/C18H21N3O2/c1-13-9-10-17(23-13)14(2)19-20-18(22)12-21-11-5-7-15-6-3-4-8-16(15)21/h3-4,6,8-10H,5,7,11-12H2,1-2H3,(H,20,22). The van der Waals surface area contributed by atoms with Crippen LogP contribution in [0.15, 0.2) is 45.9 Å². The number of carbonyl (C=O) groups excluding carboxylic acids is 1. The minimum Gasteiger partial charge on any atom is -0.460 e. The number of hydrogen-bond donors (Lipinski definition) is 1. The molecule has 0 atom stereocenters. The number of benzene rings is 1. The van der Waals surface area contributed by atoms with E-state index in [4.69, 9.17) is 4.42 Å². The highest BCUT2D eigenvalue weighted by Crippen LogP contribution is 2.26. The van der Waals surface area contributed by atoms with Crippen molar-refractivity contribution >= 4 is 17.3 Å². The second kappa shape index (κ2) is 6.69. The van der Waals surface area contributed by atoms with Crippen molar-refractivity contribution in [3.8, 4) is 0 Å². The number of hydrazone groups is 1. The minimum absolute atomic E-state index is 0.121. The van der Waals surface area contributed by atoms with Gasteiger partial charge in [-0.2, -0.15) is 5.10 Å². The summed E-state index contributed by atoms with van der Waals surface area (Å²) in [6.07, 6.45) is 2.14. The zero-order valence-corrected chi connectivity index (χ0v) is 13.5. The molecule has 1 aliphatic heterocycles. The number of aryl methyl sites for hydroxylation is 2. The molecule has 0 unspecified atom stereocenters. The molecule has 5 nitrogen and oxygen atoms in total. The Morgan fingerprint density at radius 1 is 1.30 bits per heavy atom. The Kier molecular flexibility index (Phi) is 4.46. The van der Waals surface area contributed by atoms with Crippen LogP contribution in [0, 0.1) is 6.92 Å². The fourth-order valence-electron chi connectivity index (χ4n) is 2.81. The van der Waals surface area contributed by atoms with E-state index in [1.165, 1.54) is 5.56 Å². The van der Waals surface area contributed by atoms with E-state index in [-0.39, 0.29) is 5.91 Å². The van der Waals surface area contributed by atoms with Gasteiger partial charge < -0.3 is 9.32 Å². The molecule has 5 heteroatoms. The largest absolute Gasteiger partial charge is 0.460 e. The molecule has 0 saturated carbocycles. The summed E-state index contributed by atoms with van der Waals surface area (Å²) >= 11 is 0. The van der Waals surface area contributed by atoms with E-state index in [1.807, 2.05) is 38.1 Å². The Bertz CT molecular complexity index is 733. The highest BCUT2D eigenvalue weighted by molar-refractivity contribution is 5.97. The third-order valence-corrected chi connectivity index (χ3v) is 3.99. The average molecular weight is 311 g/mol. The van der Waals surface area contributed by atoms with Crippen molar-refractivity contribution in [1.29, 1.82) is 0 Å². The number of carbonyl (C=O) groups is 1. The van der Waals surface area contributed by atoms with Crippen LogP contribution in [0.5, 0.6) is 0 Å². The molecule has 23 heavy (non-hydrogen) atoms. The number of para-hydroxylation sites is 1. The molecule has 1 N–H and O–H groups in total. The number of nitrogens with one attached hydrogen (secondary N) is 1. The third-order valence-electron chi connectivity index (χ3n) is 3.99. The maximum Gasteiger partial charge on any atom is 0.259 e. The number of hydrogen-bond acceptors (Lipinski definition) is 4. The molecule has 3 rings (SSSR count). The number of amides is 1. The van der Waals surface area contributed by atoms with Gasteiger partial charge in [-0.25, -0.2) is 5.43 Å². The summed E-state index contributed by atoms with van der Waals surface area (Å²) in [6, 6.07) is 12.0. The molecular weight excluding hydrogens is 290 g/mol. The fraction of sp³-hybridized carbons (Fsp3) is 0.333. The Morgan fingerprint density at radius 3 is 2.91 bits per heavy atom. The van der Waals surface area contributed by atoms with Crippen LogP contribution in [0.1, 0.15) is 30.4 Å². The van der Waals surface area contributed by atoms with Crippen LogP contribution in [0.25, 0.3) is 0 Å². The van der Waals surface area contributed by atoms with Crippen molar-refractivity contribution in [2.24, 2.45) is 5.10 Å². The summed E-state index contributed by atoms with van der Waals surface area (Å²) < 4.78 is 5.48. The van der Waals surface area contributed by atoms with Gasteiger partial charge in [0.1, 0.15) is 17.2 Å². The Labute approximate surface area is 136 Å². The number of fused-ring (bicyclic) bond motifs is 1. The second-order valence-electron chi connectivity index (χ2n) is 5.80. The molecule has 0 fully saturated rings. The van der Waals surface area contributed by atoms with E-state index in [2.05, 4.69) is 27.6 Å². The summed E-state index contributed by atoms with van der Waals surface area (Å²) in [5.74, 6) is 1.38. The third kappa shape index (κ3) is 3.62. The molecule has 2 heterocycles. The summed E-state index contributed by atoms with van der Waals surface area (Å²) in [7, 11) is 0. The normalized spacial score (nSPS) is 14.5. The van der Waals surface area contributed by atoms with Gasteiger partial charge in [-0.05, 0) is 50.5 Å². The van der Waals surface area contributed by atoms with Gasteiger partial charge in [0.05, 0.1) is 6.54 Å². The molecule has 1 aromatic heterocycles. The molecule has 1 amide bonds. The van der Waals surface area contributed by atoms with Gasteiger partial charge >= 0.3 is 0 Å². The lowest BCUT2D eigenvalue weighted by Crippen LogP contribution is -2.38. The monoisotopic (exact) mass is 311 g/mol. The van der Waals surface area contributed by atoms with Crippen LogP contribution in [0.4, 0.5) is 5.69 Å². The van der Waals surface area contributed by atoms with Gasteiger partial charge in [0.25, 0.3) is 5.91 Å². The fourth-order valence-corrected chi connectivity index (χ4v) is 2.81. The van der Waals surface area contributed by atoms with Crippen molar-refractivity contribution in [1.82, 2.24) is 5.43 Å². The lowest BCUT2D eigenvalue weighted by atomic mass is 10.0. The van der Waals surface area contributed by atoms with Crippen LogP contribution >= 0.6 is 0 Å². The van der Waals surface area contributed by atoms with Gasteiger partial charge in [-0.15, -0.1) is 0 Å². The van der Waals surface area contributed by atoms with Gasteiger partial charge in [0, 0.05) is 12.2 Å². The van der Waals surface area contributed by atoms with Gasteiger partial charge in [0.2, 0.25) is 0 Å². The van der Waals surface area contributed by atoms with Crippen LogP contribution in [0.3, 0.4) is 0 Å². The molecule has 0 bridgehead atoms. The van der Waals surface area contributed by atoms with Crippen molar-refractivity contribution in [3.63, 3.8) is 0 Å². The second-order valence-corrected chi connectivity index (χ2v) is 5.80. The van der Waals surface area contributed by atoms with Crippen molar-refractivity contribution in [3.05, 3.63) is 53.5 Å². The van der Waals surface area contributed by atoms with Gasteiger partial charge in [0.15, 0.2) is 0 Å². The molecule has 0 aliphatic carbocycles. The first-order chi connectivity index (χ1) is 11.1. The van der Waals surface area contributed by atoms with Crippen LogP contribution in [-0.2, 0) is 11.2 Å². The predicted octanol–water partition coefficient (Wildman–Crippen LogP) is 2.88. The van der Waals surface area contributed by atoms with Crippen molar-refractivity contribution < 1.29 is 9.21 Å². The maximum absolute atomic E-state index is 12.2. The topological polar surface area (TPSA) is 57.8 Å². The molecule has 0 spiro atoms. The van der Waals surface area contributed by atoms with Crippen LogP contribution < -0.4 is 10.3 Å². The number of rotatable bonds is 4. The molecule has 1 aliphatic rings. The van der Waals surface area contributed by atoms with Gasteiger partial charge in [-0.1, -0.05) is 18.2 Å². The Hall–Kier alpha value is -2.56. The van der Waals surface area contributed by atoms with Crippen molar-refractivity contribution in [2.45, 2.75) is 26.7 Å². The van der Waals surface area contributed by atoms with E-state index in [1.54, 1.807) is 0 Å². The van der Waals surface area contributed by atoms with E-state index < -0.39 is 0 Å². The van der Waals surface area contributed by atoms with Crippen LogP contribution in [0.2, 0.25) is 0 Å². The summed E-state index contributed by atoms with van der Waals surface area (Å²) in [5.41, 5.74) is 5.73. The highest BCUT2D eigenvalue weighted by Gasteiger charge is 2.18. The maximum atomic E-state index is 12.2. The number of anilines is 1. The highest BCUT2D eigenvalue weighted by atomic mass is 16.3. The van der Waals surface area contributed by atoms with E-state index in [0.29, 0.717) is 18.0 Å². The minimum atomic E-state index is -0.121. The zero-order chi connectivity index (χ0) is 16.2. The Balaban J connectivity index is 1.62. The first-order valence-electron chi connectivity index (χ1n) is 7.86. The first-order valence-corrected chi connectivity index (χ1v) is 7.86. The molecule has 1 aromatic carbocycles. The van der Waals surface area contributed by atoms with Crippen molar-refractivity contribution in [2.75, 3.05) is 18.0 Å². The van der Waals surface area contributed by atoms with Crippen LogP contribution in [-0.4, -0.2) is 24.7 Å². The molecule has 0 radical (unpaired) electrons. The van der Waals surface area contributed by atoms with E-state index >= 15 is 0 Å². The summed E-state index contributed by atoms with van der Waals surface area (Å²) in [4.78, 5) is 14.3. The molecule has 2 aromatic rings. The Morgan fingerprint density at radius 2 is 2.13 bits per heavy atom. The quantitative estimate of drug-likeness (QED) is 0.698. The van der Waals surface area contributed by atoms with Gasteiger partial charge in [-0.3, -0.25) is 4.79 Å². The zero-order valence-electron chi connectivity index (χ0n) is 13.5. The van der Waals surface area contributed by atoms with E-state index in [9.17, 15) is 4.79 Å². The average Bonchev–Trinajstić information content (AvgIpc) is 2.99. The lowest BCUT2D eigenvalue weighted by Gasteiger charge is -2.30. The molecule has 0 saturated heterocycles. The predicted molar refractivity (Wildman–Crippen MR) is 90.8 cm³/mol. The SMILES string of the molecule is CC(=NNC(=O)CN1CCCc2ccccc21)c1ccc(C)o1. The molecular formula is C18H21N3O2. The number of nitrogens with zero attached hydrogens (tertiary/aromatic N) is 2. The first kappa shape index (κ1) is 15.3. The smallest absolute Gasteiger partial charge is 0.259 e. The molecule has 120 valence electrons. The summed E-state index contributed by atoms with van der Waals surface area (Å²) in [6.45, 7) is 4.90. The lowest BCUT2D eigenvalue weighted by molar-refractivity contribution is -0.119. The number of furan rings is 1. The van der Waals surface area contributed by atoms with E-state index in [0.717, 1.165) is 30.8 Å².